The smallest absolute Gasteiger partial charge is 0.315 e. The first kappa shape index (κ1) is 18.2. The minimum absolute atomic E-state index is 0.0551. The Morgan fingerprint density at radius 1 is 1.19 bits per heavy atom. The van der Waals surface area contributed by atoms with Crippen LogP contribution in [0.5, 0.6) is 0 Å². The van der Waals surface area contributed by atoms with Crippen LogP contribution in [0.4, 0.5) is 4.79 Å². The molecule has 0 radical (unpaired) electrons. The molecule has 0 bridgehead atoms. The van der Waals surface area contributed by atoms with Crippen LogP contribution in [0.25, 0.3) is 11.0 Å². The van der Waals surface area contributed by atoms with Gasteiger partial charge in [0, 0.05) is 30.7 Å². The van der Waals surface area contributed by atoms with Crippen molar-refractivity contribution in [2.24, 2.45) is 0 Å². The number of amides is 3. The molecule has 1 saturated heterocycles. The van der Waals surface area contributed by atoms with Crippen LogP contribution in [-0.4, -0.2) is 57.0 Å². The van der Waals surface area contributed by atoms with Crippen LogP contribution in [0.2, 0.25) is 0 Å². The van der Waals surface area contributed by atoms with Crippen molar-refractivity contribution in [1.82, 2.24) is 30.5 Å². The Kier molecular flexibility index (Phi) is 5.11. The lowest BCUT2D eigenvalue weighted by Gasteiger charge is -2.20. The van der Waals surface area contributed by atoms with Crippen molar-refractivity contribution in [3.8, 4) is 0 Å². The Balaban J connectivity index is 1.62. The zero-order chi connectivity index (χ0) is 18.7. The molecule has 0 unspecified atom stereocenters. The second-order valence-corrected chi connectivity index (χ2v) is 7.65. The van der Waals surface area contributed by atoms with Gasteiger partial charge in [0.2, 0.25) is 0 Å². The summed E-state index contributed by atoms with van der Waals surface area (Å²) in [6.07, 6.45) is 2.14. The van der Waals surface area contributed by atoms with Crippen molar-refractivity contribution < 1.29 is 9.59 Å². The fourth-order valence-electron chi connectivity index (χ4n) is 3.03. The highest BCUT2D eigenvalue weighted by Gasteiger charge is 2.20. The summed E-state index contributed by atoms with van der Waals surface area (Å²) >= 11 is 0. The molecule has 1 aliphatic rings. The number of nitrogens with one attached hydrogen (secondary N) is 2. The number of hydrogen-bond acceptors (Lipinski definition) is 4. The van der Waals surface area contributed by atoms with Crippen LogP contribution in [0, 0.1) is 0 Å². The van der Waals surface area contributed by atoms with Gasteiger partial charge in [-0.2, -0.15) is 0 Å². The van der Waals surface area contributed by atoms with Crippen LogP contribution in [0.3, 0.4) is 0 Å². The number of benzene rings is 1. The largest absolute Gasteiger partial charge is 0.339 e. The molecule has 0 atom stereocenters. The number of urea groups is 1. The normalized spacial score (nSPS) is 14.7. The summed E-state index contributed by atoms with van der Waals surface area (Å²) in [5.74, 6) is 0.0551. The van der Waals surface area contributed by atoms with Crippen LogP contribution < -0.4 is 10.6 Å². The number of fused-ring (bicyclic) bond motifs is 1. The minimum Gasteiger partial charge on any atom is -0.339 e. The molecule has 0 aliphatic carbocycles. The SMILES string of the molecule is CC(C)(C)NC(=O)NCCn1nnc2cc(C(=O)N3CCCC3)ccc21. The molecular formula is C18H26N6O2. The van der Waals surface area contributed by atoms with E-state index in [1.165, 1.54) is 0 Å². The topological polar surface area (TPSA) is 92.1 Å². The third-order valence-corrected chi connectivity index (χ3v) is 4.25. The monoisotopic (exact) mass is 358 g/mol. The van der Waals surface area contributed by atoms with E-state index in [0.29, 0.717) is 24.2 Å². The van der Waals surface area contributed by atoms with Crippen molar-refractivity contribution in [1.29, 1.82) is 0 Å². The van der Waals surface area contributed by atoms with E-state index in [4.69, 9.17) is 0 Å². The fourth-order valence-corrected chi connectivity index (χ4v) is 3.03. The zero-order valence-electron chi connectivity index (χ0n) is 15.6. The van der Waals surface area contributed by atoms with E-state index in [1.54, 1.807) is 10.7 Å². The van der Waals surface area contributed by atoms with Crippen molar-refractivity contribution in [3.05, 3.63) is 23.8 Å². The number of rotatable bonds is 4. The van der Waals surface area contributed by atoms with Crippen LogP contribution in [0.1, 0.15) is 44.0 Å². The lowest BCUT2D eigenvalue weighted by atomic mass is 10.1. The van der Waals surface area contributed by atoms with Gasteiger partial charge in [-0.05, 0) is 51.8 Å². The summed E-state index contributed by atoms with van der Waals surface area (Å²) in [6, 6.07) is 5.27. The third kappa shape index (κ3) is 4.30. The van der Waals surface area contributed by atoms with Gasteiger partial charge in [0.15, 0.2) is 0 Å². The maximum Gasteiger partial charge on any atom is 0.315 e. The molecule has 3 amide bonds. The standard InChI is InChI=1S/C18H26N6O2/c1-18(2,3)20-17(26)19-8-11-24-15-7-6-13(12-14(15)21-22-24)16(25)23-9-4-5-10-23/h6-7,12H,4-5,8-11H2,1-3H3,(H2,19,20,26). The van der Waals surface area contributed by atoms with Gasteiger partial charge in [-0.25, -0.2) is 9.48 Å². The van der Waals surface area contributed by atoms with Crippen LogP contribution in [-0.2, 0) is 6.54 Å². The van der Waals surface area contributed by atoms with E-state index in [9.17, 15) is 9.59 Å². The van der Waals surface area contributed by atoms with Crippen LogP contribution in [0.15, 0.2) is 18.2 Å². The Labute approximate surface area is 152 Å². The van der Waals surface area contributed by atoms with E-state index < -0.39 is 0 Å². The molecule has 2 N–H and O–H groups in total. The molecule has 0 spiro atoms. The maximum absolute atomic E-state index is 12.5. The summed E-state index contributed by atoms with van der Waals surface area (Å²) in [5.41, 5.74) is 1.91. The zero-order valence-corrected chi connectivity index (χ0v) is 15.6. The van der Waals surface area contributed by atoms with E-state index in [2.05, 4.69) is 20.9 Å². The molecule has 8 heteroatoms. The summed E-state index contributed by atoms with van der Waals surface area (Å²) in [4.78, 5) is 26.1. The highest BCUT2D eigenvalue weighted by molar-refractivity contribution is 5.97. The summed E-state index contributed by atoms with van der Waals surface area (Å²) in [5, 5.41) is 13.9. The molecule has 0 saturated carbocycles. The number of carbonyl (C=O) groups excluding carboxylic acids is 2. The molecule has 1 aliphatic heterocycles. The molecule has 1 aromatic heterocycles. The average molecular weight is 358 g/mol. The number of carbonyl (C=O) groups is 2. The summed E-state index contributed by atoms with van der Waals surface area (Å²) in [7, 11) is 0. The number of aromatic nitrogens is 3. The minimum atomic E-state index is -0.275. The molecule has 140 valence electrons. The molecule has 1 fully saturated rings. The van der Waals surface area contributed by atoms with Crippen molar-refractivity contribution in [2.75, 3.05) is 19.6 Å². The van der Waals surface area contributed by atoms with E-state index >= 15 is 0 Å². The van der Waals surface area contributed by atoms with E-state index in [1.807, 2.05) is 37.8 Å². The van der Waals surface area contributed by atoms with E-state index in [0.717, 1.165) is 31.4 Å². The van der Waals surface area contributed by atoms with Gasteiger partial charge < -0.3 is 15.5 Å². The predicted octanol–water partition coefficient (Wildman–Crippen LogP) is 1.76. The van der Waals surface area contributed by atoms with Crippen molar-refractivity contribution in [3.63, 3.8) is 0 Å². The molecular weight excluding hydrogens is 332 g/mol. The van der Waals surface area contributed by atoms with Crippen LogP contribution >= 0.6 is 0 Å². The molecule has 1 aromatic carbocycles. The fraction of sp³-hybridized carbons (Fsp3) is 0.556. The van der Waals surface area contributed by atoms with Crippen molar-refractivity contribution in [2.45, 2.75) is 45.7 Å². The second kappa shape index (κ2) is 7.31. The Morgan fingerprint density at radius 3 is 2.62 bits per heavy atom. The number of nitrogens with zero attached hydrogens (tertiary/aromatic N) is 4. The Morgan fingerprint density at radius 2 is 1.92 bits per heavy atom. The molecule has 2 heterocycles. The summed E-state index contributed by atoms with van der Waals surface area (Å²) < 4.78 is 1.73. The highest BCUT2D eigenvalue weighted by Crippen LogP contribution is 2.17. The first-order chi connectivity index (χ1) is 12.3. The lowest BCUT2D eigenvalue weighted by Crippen LogP contribution is -2.47. The van der Waals surface area contributed by atoms with Gasteiger partial charge in [0.25, 0.3) is 5.91 Å². The molecule has 2 aromatic rings. The van der Waals surface area contributed by atoms with Gasteiger partial charge in [0.05, 0.1) is 12.1 Å². The maximum atomic E-state index is 12.5. The Bertz CT molecular complexity index is 802. The molecule has 26 heavy (non-hydrogen) atoms. The average Bonchev–Trinajstić information content (AvgIpc) is 3.22. The van der Waals surface area contributed by atoms with Gasteiger partial charge >= 0.3 is 6.03 Å². The lowest BCUT2D eigenvalue weighted by molar-refractivity contribution is 0.0793. The second-order valence-electron chi connectivity index (χ2n) is 7.65. The molecule has 8 nitrogen and oxygen atoms in total. The van der Waals surface area contributed by atoms with Gasteiger partial charge in [-0.1, -0.05) is 5.21 Å². The number of hydrogen-bond donors (Lipinski definition) is 2. The Hall–Kier alpha value is -2.64. The van der Waals surface area contributed by atoms with E-state index in [-0.39, 0.29) is 17.5 Å². The predicted molar refractivity (Wildman–Crippen MR) is 99.0 cm³/mol. The van der Waals surface area contributed by atoms with Gasteiger partial charge in [-0.15, -0.1) is 5.10 Å². The third-order valence-electron chi connectivity index (χ3n) is 4.25. The van der Waals surface area contributed by atoms with Gasteiger partial charge in [-0.3, -0.25) is 4.79 Å². The van der Waals surface area contributed by atoms with Crippen molar-refractivity contribution >= 4 is 23.0 Å². The quantitative estimate of drug-likeness (QED) is 0.871. The first-order valence-corrected chi connectivity index (χ1v) is 9.02. The highest BCUT2D eigenvalue weighted by atomic mass is 16.2. The summed E-state index contributed by atoms with van der Waals surface area (Å²) in [6.45, 7) is 8.38. The first-order valence-electron chi connectivity index (χ1n) is 9.02. The number of likely N-dealkylation sites (tertiary alicyclic amines) is 1. The molecule has 3 rings (SSSR count). The van der Waals surface area contributed by atoms with Gasteiger partial charge in [0.1, 0.15) is 5.52 Å².